The average Bonchev–Trinajstić information content (AvgIpc) is 2.30. The minimum absolute atomic E-state index is 0.497. The van der Waals surface area contributed by atoms with Crippen LogP contribution in [0.25, 0.3) is 0 Å². The van der Waals surface area contributed by atoms with E-state index in [-0.39, 0.29) is 0 Å². The van der Waals surface area contributed by atoms with Gasteiger partial charge in [-0.25, -0.2) is 0 Å². The summed E-state index contributed by atoms with van der Waals surface area (Å²) in [6, 6.07) is 0. The van der Waals surface area contributed by atoms with E-state index in [1.807, 2.05) is 6.92 Å². The third kappa shape index (κ3) is 4.40. The lowest BCUT2D eigenvalue weighted by molar-refractivity contribution is -0.00779. The average molecular weight is 302 g/mol. The highest BCUT2D eigenvalue weighted by Crippen LogP contribution is 2.49. The summed E-state index contributed by atoms with van der Waals surface area (Å²) in [4.78, 5) is 10.2. The maximum absolute atomic E-state index is 10.2. The van der Waals surface area contributed by atoms with Crippen LogP contribution in [0.3, 0.4) is 0 Å². The fraction of sp³-hybridized carbons (Fsp3) is 1.00. The number of rotatable bonds is 9. The van der Waals surface area contributed by atoms with E-state index in [4.69, 9.17) is 0 Å². The molecule has 118 valence electrons. The van der Waals surface area contributed by atoms with Gasteiger partial charge in [-0.2, -0.15) is 0 Å². The molecule has 0 amide bonds. The van der Waals surface area contributed by atoms with Crippen LogP contribution < -0.4 is 0 Å². The second kappa shape index (κ2) is 8.08. The maximum Gasteiger partial charge on any atom is 0.0801 e. The van der Waals surface area contributed by atoms with Crippen molar-refractivity contribution in [2.45, 2.75) is 82.6 Å². The standard InChI is InChI=1S/C16H31O3P/c1-2-15(17)16(18)11-13(12-5-3-6-12)9-10-20(19)14-7-4-8-14/h12-19H,2-11H2,1H3. The molecule has 2 saturated carbocycles. The highest BCUT2D eigenvalue weighted by atomic mass is 31.1. The van der Waals surface area contributed by atoms with Crippen LogP contribution in [0.2, 0.25) is 0 Å². The molecule has 3 N–H and O–H groups in total. The van der Waals surface area contributed by atoms with Crippen LogP contribution in [-0.4, -0.2) is 39.1 Å². The lowest BCUT2D eigenvalue weighted by Crippen LogP contribution is -2.32. The molecule has 4 heteroatoms. The van der Waals surface area contributed by atoms with Gasteiger partial charge in [0, 0.05) is 13.8 Å². The van der Waals surface area contributed by atoms with E-state index in [2.05, 4.69) is 0 Å². The zero-order valence-corrected chi connectivity index (χ0v) is 13.6. The van der Waals surface area contributed by atoms with Gasteiger partial charge in [0.1, 0.15) is 0 Å². The molecule has 20 heavy (non-hydrogen) atoms. The Kier molecular flexibility index (Phi) is 6.74. The van der Waals surface area contributed by atoms with Crippen LogP contribution in [0.4, 0.5) is 0 Å². The van der Waals surface area contributed by atoms with Crippen LogP contribution in [0.15, 0.2) is 0 Å². The molecule has 0 aromatic carbocycles. The molecule has 0 radical (unpaired) electrons. The molecule has 2 rings (SSSR count). The Labute approximate surface area is 124 Å². The van der Waals surface area contributed by atoms with Gasteiger partial charge in [0.15, 0.2) is 0 Å². The van der Waals surface area contributed by atoms with Crippen molar-refractivity contribution in [3.05, 3.63) is 0 Å². The summed E-state index contributed by atoms with van der Waals surface area (Å²) in [5.41, 5.74) is 0.596. The summed E-state index contributed by atoms with van der Waals surface area (Å²) in [6.45, 7) is 1.91. The van der Waals surface area contributed by atoms with E-state index in [1.54, 1.807) is 0 Å². The van der Waals surface area contributed by atoms with Gasteiger partial charge in [0.2, 0.25) is 0 Å². The Morgan fingerprint density at radius 2 is 1.70 bits per heavy atom. The van der Waals surface area contributed by atoms with Gasteiger partial charge in [-0.15, -0.1) is 0 Å². The van der Waals surface area contributed by atoms with Crippen molar-refractivity contribution in [1.82, 2.24) is 0 Å². The first-order valence-electron chi connectivity index (χ1n) is 8.43. The molecule has 3 nitrogen and oxygen atoms in total. The second-order valence-corrected chi connectivity index (χ2v) is 8.82. The number of hydrogen-bond donors (Lipinski definition) is 3. The van der Waals surface area contributed by atoms with Gasteiger partial charge < -0.3 is 15.1 Å². The molecule has 2 aliphatic carbocycles. The molecule has 0 aliphatic heterocycles. The smallest absolute Gasteiger partial charge is 0.0801 e. The first-order valence-corrected chi connectivity index (χ1v) is 9.98. The van der Waals surface area contributed by atoms with E-state index in [1.165, 1.54) is 38.5 Å². The van der Waals surface area contributed by atoms with Crippen LogP contribution in [0.5, 0.6) is 0 Å². The Balaban J connectivity index is 1.77. The summed E-state index contributed by atoms with van der Waals surface area (Å²) in [6.07, 6.45) is 9.72. The van der Waals surface area contributed by atoms with E-state index >= 15 is 0 Å². The number of hydrogen-bond acceptors (Lipinski definition) is 3. The van der Waals surface area contributed by atoms with E-state index in [9.17, 15) is 15.1 Å². The zero-order chi connectivity index (χ0) is 14.5. The summed E-state index contributed by atoms with van der Waals surface area (Å²) in [7, 11) is -0.781. The van der Waals surface area contributed by atoms with Gasteiger partial charge in [0.25, 0.3) is 0 Å². The van der Waals surface area contributed by atoms with Crippen molar-refractivity contribution in [1.29, 1.82) is 0 Å². The molecular weight excluding hydrogens is 271 g/mol. The molecule has 0 aromatic rings. The van der Waals surface area contributed by atoms with Gasteiger partial charge in [-0.1, -0.05) is 32.6 Å². The maximum atomic E-state index is 10.2. The number of aliphatic hydroxyl groups excluding tert-OH is 2. The van der Waals surface area contributed by atoms with Crippen molar-refractivity contribution in [3.8, 4) is 0 Å². The molecule has 4 atom stereocenters. The predicted octanol–water partition coefficient (Wildman–Crippen LogP) is 3.26. The van der Waals surface area contributed by atoms with Crippen molar-refractivity contribution in [2.24, 2.45) is 11.8 Å². The summed E-state index contributed by atoms with van der Waals surface area (Å²) in [5, 5.41) is 19.8. The van der Waals surface area contributed by atoms with E-state index in [0.717, 1.165) is 18.5 Å². The zero-order valence-electron chi connectivity index (χ0n) is 12.7. The lowest BCUT2D eigenvalue weighted by Gasteiger charge is -2.37. The molecule has 0 saturated heterocycles. The first kappa shape index (κ1) is 16.7. The summed E-state index contributed by atoms with van der Waals surface area (Å²) >= 11 is 0. The third-order valence-corrected chi connectivity index (χ3v) is 7.52. The molecule has 2 fully saturated rings. The van der Waals surface area contributed by atoms with Crippen LogP contribution >= 0.6 is 8.15 Å². The van der Waals surface area contributed by atoms with Crippen LogP contribution in [0, 0.1) is 11.8 Å². The summed E-state index contributed by atoms with van der Waals surface area (Å²) < 4.78 is 0. The first-order chi connectivity index (χ1) is 9.61. The van der Waals surface area contributed by atoms with Crippen molar-refractivity contribution in [3.63, 3.8) is 0 Å². The summed E-state index contributed by atoms with van der Waals surface area (Å²) in [5.74, 6) is 1.22. The SMILES string of the molecule is CCC(O)C(O)CC(CCP(O)C1CCC1)C1CCC1. The van der Waals surface area contributed by atoms with Gasteiger partial charge in [0.05, 0.1) is 12.2 Å². The molecule has 0 bridgehead atoms. The molecule has 0 spiro atoms. The van der Waals surface area contributed by atoms with E-state index < -0.39 is 20.4 Å². The Hall–Kier alpha value is 0.310. The topological polar surface area (TPSA) is 60.7 Å². The largest absolute Gasteiger partial charge is 0.390 e. The second-order valence-electron chi connectivity index (χ2n) is 6.77. The molecule has 0 heterocycles. The van der Waals surface area contributed by atoms with Gasteiger partial charge in [-0.05, 0) is 50.1 Å². The van der Waals surface area contributed by atoms with Crippen molar-refractivity contribution < 1.29 is 15.1 Å². The Morgan fingerprint density at radius 3 is 2.15 bits per heavy atom. The molecule has 2 aliphatic rings. The Morgan fingerprint density at radius 1 is 1.05 bits per heavy atom. The van der Waals surface area contributed by atoms with Crippen molar-refractivity contribution >= 4 is 8.15 Å². The van der Waals surface area contributed by atoms with Gasteiger partial charge >= 0.3 is 0 Å². The normalized spacial score (nSPS) is 26.4. The minimum Gasteiger partial charge on any atom is -0.390 e. The quantitative estimate of drug-likeness (QED) is 0.573. The Bertz CT molecular complexity index is 279. The highest BCUT2D eigenvalue weighted by Gasteiger charge is 2.32. The third-order valence-electron chi connectivity index (χ3n) is 5.45. The minimum atomic E-state index is -0.781. The number of aliphatic hydroxyl groups is 2. The molecule has 0 aromatic heterocycles. The fourth-order valence-electron chi connectivity index (χ4n) is 3.36. The van der Waals surface area contributed by atoms with Crippen LogP contribution in [-0.2, 0) is 0 Å². The molecule has 4 unspecified atom stereocenters. The van der Waals surface area contributed by atoms with Crippen LogP contribution in [0.1, 0.15) is 64.7 Å². The van der Waals surface area contributed by atoms with E-state index in [0.29, 0.717) is 24.4 Å². The lowest BCUT2D eigenvalue weighted by atomic mass is 9.72. The molecular formula is C16H31O3P. The van der Waals surface area contributed by atoms with Gasteiger partial charge in [-0.3, -0.25) is 0 Å². The predicted molar refractivity (Wildman–Crippen MR) is 84.0 cm³/mol. The van der Waals surface area contributed by atoms with Crippen molar-refractivity contribution in [2.75, 3.05) is 6.16 Å². The monoisotopic (exact) mass is 302 g/mol. The highest BCUT2D eigenvalue weighted by molar-refractivity contribution is 7.52. The fourth-order valence-corrected chi connectivity index (χ4v) is 5.28.